The first-order valence-corrected chi connectivity index (χ1v) is 9.43. The van der Waals surface area contributed by atoms with Crippen LogP contribution in [0.15, 0.2) is 72.8 Å². The molecular formula is C24H23NO2. The zero-order valence-corrected chi connectivity index (χ0v) is 15.3. The van der Waals surface area contributed by atoms with Crippen molar-refractivity contribution < 1.29 is 10.0 Å². The van der Waals surface area contributed by atoms with Crippen molar-refractivity contribution in [1.29, 1.82) is 0 Å². The topological polar surface area (TPSA) is 40.5 Å². The van der Waals surface area contributed by atoms with Crippen LogP contribution < -0.4 is 0 Å². The number of hydrogen-bond donors (Lipinski definition) is 1. The first-order valence-electron chi connectivity index (χ1n) is 9.43. The Morgan fingerprint density at radius 1 is 0.778 bits per heavy atom. The fourth-order valence-electron chi connectivity index (χ4n) is 3.60. The van der Waals surface area contributed by atoms with Gasteiger partial charge in [0, 0.05) is 5.56 Å². The summed E-state index contributed by atoms with van der Waals surface area (Å²) in [6.45, 7) is 0.185. The highest BCUT2D eigenvalue weighted by molar-refractivity contribution is 5.95. The molecule has 0 atom stereocenters. The van der Waals surface area contributed by atoms with Crippen molar-refractivity contribution in [1.82, 2.24) is 5.06 Å². The molecule has 0 saturated heterocycles. The summed E-state index contributed by atoms with van der Waals surface area (Å²) in [5, 5.41) is 11.2. The molecule has 0 radical (unpaired) electrons. The van der Waals surface area contributed by atoms with Gasteiger partial charge in [0.15, 0.2) is 0 Å². The van der Waals surface area contributed by atoms with Gasteiger partial charge in [0.05, 0.1) is 6.54 Å². The summed E-state index contributed by atoms with van der Waals surface area (Å²) >= 11 is 0. The standard InChI is InChI=1S/C24H23NO2/c26-24(25(27)17-21-4-2-1-3-5-21)23-16-20-11-10-18-6-8-19(9-7-18)12-14-22(23)15-13-20/h1-9,13,15-16,27H,10-12,14,17H2. The molecule has 0 spiro atoms. The summed E-state index contributed by atoms with van der Waals surface area (Å²) in [5.41, 5.74) is 6.21. The van der Waals surface area contributed by atoms with E-state index in [-0.39, 0.29) is 12.5 Å². The van der Waals surface area contributed by atoms with E-state index < -0.39 is 0 Å². The molecule has 7 rings (SSSR count). The quantitative estimate of drug-likeness (QED) is 0.550. The molecule has 1 amide bonds. The van der Waals surface area contributed by atoms with Gasteiger partial charge in [-0.2, -0.15) is 0 Å². The van der Waals surface area contributed by atoms with Crippen LogP contribution in [-0.2, 0) is 32.2 Å². The molecule has 0 aliphatic heterocycles. The largest absolute Gasteiger partial charge is 0.285 e. The average Bonchev–Trinajstić information content (AvgIpc) is 2.70. The van der Waals surface area contributed by atoms with Crippen LogP contribution in [0.3, 0.4) is 0 Å². The minimum atomic E-state index is -0.332. The van der Waals surface area contributed by atoms with Crippen LogP contribution in [0.5, 0.6) is 0 Å². The van der Waals surface area contributed by atoms with E-state index in [0.29, 0.717) is 5.56 Å². The summed E-state index contributed by atoms with van der Waals surface area (Å²) in [4.78, 5) is 13.0. The van der Waals surface area contributed by atoms with Gasteiger partial charge in [-0.25, -0.2) is 5.06 Å². The van der Waals surface area contributed by atoms with Crippen LogP contribution in [0.2, 0.25) is 0 Å². The normalized spacial score (nSPS) is 13.1. The van der Waals surface area contributed by atoms with Crippen LogP contribution in [-0.4, -0.2) is 16.2 Å². The first kappa shape index (κ1) is 17.5. The lowest BCUT2D eigenvalue weighted by Gasteiger charge is -2.19. The van der Waals surface area contributed by atoms with E-state index in [0.717, 1.165) is 47.4 Å². The van der Waals surface area contributed by atoms with Gasteiger partial charge in [0.25, 0.3) is 5.91 Å². The smallest absolute Gasteiger partial charge is 0.277 e. The SMILES string of the molecule is O=C(c1cc2ccc1CCc1ccc(cc1)CC2)N(O)Cc1ccccc1. The fraction of sp³-hybridized carbons (Fsp3) is 0.208. The number of aryl methyl sites for hydroxylation is 4. The lowest BCUT2D eigenvalue weighted by Crippen LogP contribution is -2.28. The van der Waals surface area contributed by atoms with E-state index in [1.54, 1.807) is 0 Å². The molecule has 3 aromatic carbocycles. The van der Waals surface area contributed by atoms with Gasteiger partial charge in [-0.1, -0.05) is 66.7 Å². The predicted octanol–water partition coefficient (Wildman–Crippen LogP) is 4.60. The molecule has 3 nitrogen and oxygen atoms in total. The van der Waals surface area contributed by atoms with E-state index in [1.165, 1.54) is 11.1 Å². The molecule has 3 heteroatoms. The maximum Gasteiger partial charge on any atom is 0.277 e. The van der Waals surface area contributed by atoms with Crippen molar-refractivity contribution in [3.8, 4) is 0 Å². The number of rotatable bonds is 3. The highest BCUT2D eigenvalue weighted by atomic mass is 16.5. The second-order valence-corrected chi connectivity index (χ2v) is 7.16. The van der Waals surface area contributed by atoms with Gasteiger partial charge >= 0.3 is 0 Å². The van der Waals surface area contributed by atoms with Crippen molar-refractivity contribution in [3.05, 3.63) is 106 Å². The Kier molecular flexibility index (Phi) is 5.03. The maximum atomic E-state index is 13.0. The third-order valence-electron chi connectivity index (χ3n) is 5.22. The monoisotopic (exact) mass is 357 g/mol. The maximum absolute atomic E-state index is 13.0. The first-order chi connectivity index (χ1) is 13.2. The number of carbonyl (C=O) groups is 1. The van der Waals surface area contributed by atoms with Crippen molar-refractivity contribution in [2.45, 2.75) is 32.2 Å². The third kappa shape index (κ3) is 4.09. The molecule has 4 aliphatic carbocycles. The number of amides is 1. The zero-order valence-electron chi connectivity index (χ0n) is 15.3. The van der Waals surface area contributed by atoms with E-state index in [4.69, 9.17) is 0 Å². The molecule has 136 valence electrons. The average molecular weight is 357 g/mol. The van der Waals surface area contributed by atoms with Gasteiger partial charge in [-0.05, 0) is 59.6 Å². The van der Waals surface area contributed by atoms with Gasteiger partial charge < -0.3 is 0 Å². The molecular weight excluding hydrogens is 334 g/mol. The Bertz CT molecular complexity index is 932. The van der Waals surface area contributed by atoms with Crippen LogP contribution in [0.25, 0.3) is 0 Å². The highest BCUT2D eigenvalue weighted by Gasteiger charge is 2.19. The minimum Gasteiger partial charge on any atom is -0.285 e. The van der Waals surface area contributed by atoms with Gasteiger partial charge in [-0.15, -0.1) is 0 Å². The van der Waals surface area contributed by atoms with E-state index >= 15 is 0 Å². The summed E-state index contributed by atoms with van der Waals surface area (Å²) in [6, 6.07) is 24.4. The van der Waals surface area contributed by atoms with Crippen molar-refractivity contribution in [2.24, 2.45) is 0 Å². The van der Waals surface area contributed by atoms with Crippen LogP contribution in [0.1, 0.15) is 38.2 Å². The molecule has 27 heavy (non-hydrogen) atoms. The third-order valence-corrected chi connectivity index (χ3v) is 5.22. The molecule has 0 fully saturated rings. The Balaban J connectivity index is 1.61. The molecule has 0 heterocycles. The fourth-order valence-corrected chi connectivity index (χ4v) is 3.60. The molecule has 0 unspecified atom stereocenters. The van der Waals surface area contributed by atoms with Crippen molar-refractivity contribution >= 4 is 5.91 Å². The molecule has 0 saturated carbocycles. The Morgan fingerprint density at radius 2 is 1.37 bits per heavy atom. The number of carbonyl (C=O) groups excluding carboxylic acids is 1. The van der Waals surface area contributed by atoms with Gasteiger partial charge in [0.1, 0.15) is 0 Å². The second kappa shape index (κ2) is 7.77. The zero-order chi connectivity index (χ0) is 18.6. The molecule has 0 aromatic heterocycles. The van der Waals surface area contributed by atoms with Crippen LogP contribution in [0.4, 0.5) is 0 Å². The summed E-state index contributed by atoms with van der Waals surface area (Å²) < 4.78 is 0. The Labute approximate surface area is 159 Å². The molecule has 3 aromatic rings. The summed E-state index contributed by atoms with van der Waals surface area (Å²) in [6.07, 6.45) is 3.48. The van der Waals surface area contributed by atoms with E-state index in [2.05, 4.69) is 30.3 Å². The highest BCUT2D eigenvalue weighted by Crippen LogP contribution is 2.21. The molecule has 1 N–H and O–H groups in total. The number of hydroxylamine groups is 2. The predicted molar refractivity (Wildman–Crippen MR) is 106 cm³/mol. The Morgan fingerprint density at radius 3 is 2.07 bits per heavy atom. The lowest BCUT2D eigenvalue weighted by molar-refractivity contribution is -0.0648. The lowest BCUT2D eigenvalue weighted by atomic mass is 9.93. The molecule has 4 aliphatic rings. The van der Waals surface area contributed by atoms with Crippen molar-refractivity contribution in [3.63, 3.8) is 0 Å². The van der Waals surface area contributed by atoms with Crippen LogP contribution in [0, 0.1) is 0 Å². The minimum absolute atomic E-state index is 0.185. The molecule has 4 bridgehead atoms. The second-order valence-electron chi connectivity index (χ2n) is 7.16. The summed E-state index contributed by atoms with van der Waals surface area (Å²) in [5.74, 6) is -0.332. The van der Waals surface area contributed by atoms with Crippen molar-refractivity contribution in [2.75, 3.05) is 0 Å². The number of hydrogen-bond acceptors (Lipinski definition) is 2. The number of nitrogens with zero attached hydrogens (tertiary/aromatic N) is 1. The van der Waals surface area contributed by atoms with E-state index in [1.807, 2.05) is 42.5 Å². The van der Waals surface area contributed by atoms with Crippen LogP contribution >= 0.6 is 0 Å². The van der Waals surface area contributed by atoms with Gasteiger partial charge in [0.2, 0.25) is 0 Å². The summed E-state index contributed by atoms with van der Waals surface area (Å²) in [7, 11) is 0. The Hall–Kier alpha value is -2.91. The van der Waals surface area contributed by atoms with Gasteiger partial charge in [-0.3, -0.25) is 10.0 Å². The van der Waals surface area contributed by atoms with E-state index in [9.17, 15) is 10.0 Å². The number of benzene rings is 3.